The Balaban J connectivity index is 2.00. The predicted molar refractivity (Wildman–Crippen MR) is 75.0 cm³/mol. The van der Waals surface area contributed by atoms with Crippen LogP contribution in [0, 0.1) is 6.92 Å². The Morgan fingerprint density at radius 3 is 1.65 bits per heavy atom. The Bertz CT molecular complexity index is 184. The van der Waals surface area contributed by atoms with E-state index in [0.717, 1.165) is 18.5 Å². The second-order valence-electron chi connectivity index (χ2n) is 6.17. The highest BCUT2D eigenvalue weighted by Gasteiger charge is 2.31. The van der Waals surface area contributed by atoms with Crippen LogP contribution in [-0.2, 0) is 0 Å². The highest BCUT2D eigenvalue weighted by Crippen LogP contribution is 2.32. The van der Waals surface area contributed by atoms with Gasteiger partial charge >= 0.3 is 0 Å². The van der Waals surface area contributed by atoms with Crippen LogP contribution in [0.4, 0.5) is 0 Å². The second-order valence-corrected chi connectivity index (χ2v) is 6.17. The number of rotatable bonds is 4. The molecule has 2 saturated carbocycles. The molecule has 0 aliphatic heterocycles. The maximum absolute atomic E-state index is 4.15. The van der Waals surface area contributed by atoms with Crippen molar-refractivity contribution in [1.82, 2.24) is 4.90 Å². The third-order valence-corrected chi connectivity index (χ3v) is 4.92. The molecule has 1 nitrogen and oxygen atoms in total. The molecular weight excluding hydrogens is 206 g/mol. The first kappa shape index (κ1) is 13.4. The predicted octanol–water partition coefficient (Wildman–Crippen LogP) is 4.57. The summed E-state index contributed by atoms with van der Waals surface area (Å²) < 4.78 is 0. The lowest BCUT2D eigenvalue weighted by atomic mass is 9.87. The lowest BCUT2D eigenvalue weighted by Crippen LogP contribution is -2.49. The van der Waals surface area contributed by atoms with Crippen LogP contribution in [0.2, 0.25) is 0 Å². The molecular formula is C16H30N. The van der Waals surface area contributed by atoms with E-state index in [1.165, 1.54) is 64.2 Å². The standard InChI is InChI=1S/C16H30N/c1-3-14(2)17(15-10-6-4-7-11-15)16-12-8-5-9-13-16/h14-16H,1,3-13H2,2H3. The fourth-order valence-corrected chi connectivity index (χ4v) is 3.93. The monoisotopic (exact) mass is 236 g/mol. The van der Waals surface area contributed by atoms with Gasteiger partial charge in [-0.05, 0) is 39.0 Å². The Hall–Kier alpha value is -0.0400. The Morgan fingerprint density at radius 1 is 0.882 bits per heavy atom. The summed E-state index contributed by atoms with van der Waals surface area (Å²) in [6, 6.07) is 2.45. The molecule has 0 aromatic carbocycles. The van der Waals surface area contributed by atoms with Crippen molar-refractivity contribution < 1.29 is 0 Å². The van der Waals surface area contributed by atoms with E-state index in [2.05, 4.69) is 18.7 Å². The maximum Gasteiger partial charge on any atom is 0.0101 e. The van der Waals surface area contributed by atoms with E-state index in [-0.39, 0.29) is 0 Å². The first-order valence-corrected chi connectivity index (χ1v) is 7.89. The molecule has 2 rings (SSSR count). The molecule has 1 atom stereocenters. The van der Waals surface area contributed by atoms with E-state index in [1.54, 1.807) is 0 Å². The third-order valence-electron chi connectivity index (χ3n) is 4.92. The van der Waals surface area contributed by atoms with Gasteiger partial charge in [0.25, 0.3) is 0 Å². The van der Waals surface area contributed by atoms with Gasteiger partial charge in [0.1, 0.15) is 0 Å². The molecule has 0 amide bonds. The minimum Gasteiger partial charge on any atom is -0.295 e. The van der Waals surface area contributed by atoms with Gasteiger partial charge in [-0.2, -0.15) is 0 Å². The van der Waals surface area contributed by atoms with E-state index in [4.69, 9.17) is 0 Å². The minimum absolute atomic E-state index is 0.696. The summed E-state index contributed by atoms with van der Waals surface area (Å²) >= 11 is 0. The molecule has 0 heterocycles. The second kappa shape index (κ2) is 6.78. The molecule has 0 aromatic rings. The van der Waals surface area contributed by atoms with Crippen molar-refractivity contribution in [2.45, 2.75) is 95.7 Å². The van der Waals surface area contributed by atoms with Crippen LogP contribution >= 0.6 is 0 Å². The summed E-state index contributed by atoms with van der Waals surface area (Å²) in [6.45, 7) is 6.55. The molecule has 1 radical (unpaired) electrons. The summed E-state index contributed by atoms with van der Waals surface area (Å²) in [4.78, 5) is 2.88. The van der Waals surface area contributed by atoms with Crippen LogP contribution in [0.5, 0.6) is 0 Å². The van der Waals surface area contributed by atoms with Crippen molar-refractivity contribution in [2.24, 2.45) is 0 Å². The maximum atomic E-state index is 4.15. The lowest BCUT2D eigenvalue weighted by molar-refractivity contribution is 0.0451. The van der Waals surface area contributed by atoms with Crippen molar-refractivity contribution in [3.8, 4) is 0 Å². The highest BCUT2D eigenvalue weighted by atomic mass is 15.2. The zero-order valence-corrected chi connectivity index (χ0v) is 11.7. The number of hydrogen-bond acceptors (Lipinski definition) is 1. The van der Waals surface area contributed by atoms with Gasteiger partial charge in [0.2, 0.25) is 0 Å². The number of hydrogen-bond donors (Lipinski definition) is 0. The molecule has 17 heavy (non-hydrogen) atoms. The van der Waals surface area contributed by atoms with Crippen LogP contribution in [0.3, 0.4) is 0 Å². The average molecular weight is 236 g/mol. The van der Waals surface area contributed by atoms with E-state index in [1.807, 2.05) is 0 Å². The van der Waals surface area contributed by atoms with Crippen molar-refractivity contribution in [3.05, 3.63) is 6.92 Å². The van der Waals surface area contributed by atoms with Gasteiger partial charge in [-0.25, -0.2) is 0 Å². The van der Waals surface area contributed by atoms with E-state index in [0.29, 0.717) is 6.04 Å². The molecule has 0 N–H and O–H groups in total. The van der Waals surface area contributed by atoms with E-state index >= 15 is 0 Å². The SMILES string of the molecule is [CH2]CC(C)N(C1CCCCC1)C1CCCCC1. The zero-order chi connectivity index (χ0) is 12.1. The van der Waals surface area contributed by atoms with E-state index < -0.39 is 0 Å². The molecule has 99 valence electrons. The van der Waals surface area contributed by atoms with Crippen molar-refractivity contribution >= 4 is 0 Å². The fraction of sp³-hybridized carbons (Fsp3) is 0.938. The van der Waals surface area contributed by atoms with Gasteiger partial charge < -0.3 is 0 Å². The lowest BCUT2D eigenvalue weighted by Gasteiger charge is -2.45. The molecule has 2 aliphatic rings. The molecule has 2 aliphatic carbocycles. The summed E-state index contributed by atoms with van der Waals surface area (Å²) in [7, 11) is 0. The first-order chi connectivity index (χ1) is 8.33. The Kier molecular flexibility index (Phi) is 5.34. The smallest absolute Gasteiger partial charge is 0.0101 e. The van der Waals surface area contributed by atoms with Gasteiger partial charge in [-0.15, -0.1) is 0 Å². The van der Waals surface area contributed by atoms with Crippen molar-refractivity contribution in [2.75, 3.05) is 0 Å². The van der Waals surface area contributed by atoms with Gasteiger partial charge in [-0.1, -0.05) is 45.4 Å². The minimum atomic E-state index is 0.696. The van der Waals surface area contributed by atoms with Gasteiger partial charge in [0.05, 0.1) is 0 Å². The largest absolute Gasteiger partial charge is 0.295 e. The van der Waals surface area contributed by atoms with Gasteiger partial charge in [0, 0.05) is 18.1 Å². The summed E-state index contributed by atoms with van der Waals surface area (Å²) in [5.74, 6) is 0. The molecule has 0 aromatic heterocycles. The van der Waals surface area contributed by atoms with E-state index in [9.17, 15) is 0 Å². The molecule has 1 unspecified atom stereocenters. The normalized spacial score (nSPS) is 26.3. The summed E-state index contributed by atoms with van der Waals surface area (Å²) in [6.07, 6.45) is 15.6. The van der Waals surface area contributed by atoms with Crippen LogP contribution in [-0.4, -0.2) is 23.0 Å². The zero-order valence-electron chi connectivity index (χ0n) is 11.7. The van der Waals surface area contributed by atoms with Crippen LogP contribution in [0.1, 0.15) is 77.6 Å². The molecule has 0 spiro atoms. The third kappa shape index (κ3) is 3.47. The van der Waals surface area contributed by atoms with Crippen molar-refractivity contribution in [3.63, 3.8) is 0 Å². The van der Waals surface area contributed by atoms with Gasteiger partial charge in [0.15, 0.2) is 0 Å². The van der Waals surface area contributed by atoms with Crippen LogP contribution in [0.15, 0.2) is 0 Å². The topological polar surface area (TPSA) is 3.24 Å². The van der Waals surface area contributed by atoms with Gasteiger partial charge in [-0.3, -0.25) is 4.90 Å². The molecule has 2 fully saturated rings. The summed E-state index contributed by atoms with van der Waals surface area (Å²) in [5, 5.41) is 0. The molecule has 1 heteroatoms. The first-order valence-electron chi connectivity index (χ1n) is 7.89. The van der Waals surface area contributed by atoms with Crippen molar-refractivity contribution in [1.29, 1.82) is 0 Å². The molecule has 0 saturated heterocycles. The highest BCUT2D eigenvalue weighted by molar-refractivity contribution is 4.87. The Labute approximate surface area is 108 Å². The fourth-order valence-electron chi connectivity index (χ4n) is 3.93. The summed E-state index contributed by atoms with van der Waals surface area (Å²) in [5.41, 5.74) is 0. The van der Waals surface area contributed by atoms with Crippen LogP contribution < -0.4 is 0 Å². The molecule has 0 bridgehead atoms. The van der Waals surface area contributed by atoms with Crippen LogP contribution in [0.25, 0.3) is 0 Å². The quantitative estimate of drug-likeness (QED) is 0.691. The average Bonchev–Trinajstić information content (AvgIpc) is 2.41. The Morgan fingerprint density at radius 2 is 1.29 bits per heavy atom. The number of nitrogens with zero attached hydrogens (tertiary/aromatic N) is 1.